The van der Waals surface area contributed by atoms with Gasteiger partial charge in [0, 0.05) is 19.6 Å². The number of piperidine rings is 1. The van der Waals surface area contributed by atoms with Gasteiger partial charge in [-0.1, -0.05) is 19.4 Å². The van der Waals surface area contributed by atoms with E-state index in [0.717, 1.165) is 24.8 Å². The molecule has 1 atom stereocenters. The van der Waals surface area contributed by atoms with Crippen LogP contribution in [0.15, 0.2) is 23.1 Å². The van der Waals surface area contributed by atoms with Crippen LogP contribution in [-0.4, -0.2) is 32.9 Å². The highest BCUT2D eigenvalue weighted by molar-refractivity contribution is 7.89. The van der Waals surface area contributed by atoms with Gasteiger partial charge in [-0.15, -0.1) is 0 Å². The van der Waals surface area contributed by atoms with Crippen molar-refractivity contribution >= 4 is 10.0 Å². The Bertz CT molecular complexity index is 589. The SMILES string of the molecule is CCC1CCCN(S(=O)(=O)c2cc(CNC)ccc2F)C1. The van der Waals surface area contributed by atoms with Crippen LogP contribution in [0.4, 0.5) is 4.39 Å². The Morgan fingerprint density at radius 2 is 2.19 bits per heavy atom. The fourth-order valence-electron chi connectivity index (χ4n) is 2.78. The summed E-state index contributed by atoms with van der Waals surface area (Å²) in [6, 6.07) is 4.29. The zero-order chi connectivity index (χ0) is 15.5. The van der Waals surface area contributed by atoms with Crippen LogP contribution in [0.5, 0.6) is 0 Å². The Morgan fingerprint density at radius 1 is 1.43 bits per heavy atom. The van der Waals surface area contributed by atoms with Crippen LogP contribution in [0.2, 0.25) is 0 Å². The van der Waals surface area contributed by atoms with E-state index in [-0.39, 0.29) is 4.90 Å². The van der Waals surface area contributed by atoms with Crippen LogP contribution < -0.4 is 5.32 Å². The molecule has 0 saturated carbocycles. The number of benzene rings is 1. The number of halogens is 1. The summed E-state index contributed by atoms with van der Waals surface area (Å²) in [6.45, 7) is 3.55. The average molecular weight is 314 g/mol. The largest absolute Gasteiger partial charge is 0.316 e. The number of rotatable bonds is 5. The first kappa shape index (κ1) is 16.4. The van der Waals surface area contributed by atoms with E-state index in [1.807, 2.05) is 0 Å². The highest BCUT2D eigenvalue weighted by Crippen LogP contribution is 2.27. The first-order chi connectivity index (χ1) is 9.98. The van der Waals surface area contributed by atoms with E-state index in [9.17, 15) is 12.8 Å². The van der Waals surface area contributed by atoms with Gasteiger partial charge in [0.05, 0.1) is 0 Å². The van der Waals surface area contributed by atoms with E-state index < -0.39 is 15.8 Å². The fraction of sp³-hybridized carbons (Fsp3) is 0.600. The maximum Gasteiger partial charge on any atom is 0.246 e. The average Bonchev–Trinajstić information content (AvgIpc) is 2.49. The van der Waals surface area contributed by atoms with Crippen molar-refractivity contribution in [3.05, 3.63) is 29.6 Å². The quantitative estimate of drug-likeness (QED) is 0.907. The summed E-state index contributed by atoms with van der Waals surface area (Å²) in [5.41, 5.74) is 0.765. The summed E-state index contributed by atoms with van der Waals surface area (Å²) in [4.78, 5) is -0.202. The normalized spacial score (nSPS) is 20.6. The van der Waals surface area contributed by atoms with Crippen LogP contribution in [0.1, 0.15) is 31.7 Å². The Kier molecular flexibility index (Phi) is 5.35. The number of nitrogens with one attached hydrogen (secondary N) is 1. The minimum atomic E-state index is -3.75. The van der Waals surface area contributed by atoms with E-state index in [1.54, 1.807) is 13.1 Å². The lowest BCUT2D eigenvalue weighted by Crippen LogP contribution is -2.40. The molecule has 1 aromatic carbocycles. The van der Waals surface area contributed by atoms with Gasteiger partial charge in [-0.05, 0) is 43.5 Å². The molecule has 1 aliphatic rings. The molecule has 0 aliphatic carbocycles. The Morgan fingerprint density at radius 3 is 2.86 bits per heavy atom. The van der Waals surface area contributed by atoms with Crippen molar-refractivity contribution in [1.82, 2.24) is 9.62 Å². The number of hydrogen-bond acceptors (Lipinski definition) is 3. The van der Waals surface area contributed by atoms with E-state index in [2.05, 4.69) is 12.2 Å². The molecular weight excluding hydrogens is 291 g/mol. The van der Waals surface area contributed by atoms with E-state index in [1.165, 1.54) is 16.4 Å². The lowest BCUT2D eigenvalue weighted by molar-refractivity contribution is 0.261. The van der Waals surface area contributed by atoms with Gasteiger partial charge in [0.25, 0.3) is 0 Å². The van der Waals surface area contributed by atoms with Crippen LogP contribution >= 0.6 is 0 Å². The van der Waals surface area contributed by atoms with E-state index in [0.29, 0.717) is 25.6 Å². The molecule has 0 spiro atoms. The molecule has 118 valence electrons. The highest BCUT2D eigenvalue weighted by atomic mass is 32.2. The molecule has 1 aliphatic heterocycles. The molecule has 1 unspecified atom stereocenters. The van der Waals surface area contributed by atoms with Crippen molar-refractivity contribution in [1.29, 1.82) is 0 Å². The third-order valence-electron chi connectivity index (χ3n) is 4.05. The molecule has 21 heavy (non-hydrogen) atoms. The topological polar surface area (TPSA) is 49.4 Å². The number of nitrogens with zero attached hydrogens (tertiary/aromatic N) is 1. The highest BCUT2D eigenvalue weighted by Gasteiger charge is 2.31. The van der Waals surface area contributed by atoms with Crippen LogP contribution in [-0.2, 0) is 16.6 Å². The molecule has 6 heteroatoms. The van der Waals surface area contributed by atoms with Gasteiger partial charge in [-0.25, -0.2) is 12.8 Å². The standard InChI is InChI=1S/C15H23FN2O2S/c1-3-12-5-4-8-18(11-12)21(19,20)15-9-13(10-17-2)6-7-14(15)16/h6-7,9,12,17H,3-5,8,10-11H2,1-2H3. The maximum absolute atomic E-state index is 14.0. The van der Waals surface area contributed by atoms with Gasteiger partial charge in [-0.2, -0.15) is 4.31 Å². The molecular formula is C15H23FN2O2S. The minimum Gasteiger partial charge on any atom is -0.316 e. The van der Waals surface area contributed by atoms with Gasteiger partial charge in [-0.3, -0.25) is 0 Å². The van der Waals surface area contributed by atoms with Gasteiger partial charge in [0.15, 0.2) is 0 Å². The lowest BCUT2D eigenvalue weighted by atomic mass is 9.97. The smallest absolute Gasteiger partial charge is 0.246 e. The first-order valence-electron chi connectivity index (χ1n) is 7.42. The maximum atomic E-state index is 14.0. The molecule has 0 amide bonds. The second kappa shape index (κ2) is 6.85. The molecule has 2 rings (SSSR count). The molecule has 4 nitrogen and oxygen atoms in total. The second-order valence-corrected chi connectivity index (χ2v) is 7.48. The lowest BCUT2D eigenvalue weighted by Gasteiger charge is -2.31. The zero-order valence-electron chi connectivity index (χ0n) is 12.6. The molecule has 1 N–H and O–H groups in total. The van der Waals surface area contributed by atoms with Gasteiger partial charge in [0.2, 0.25) is 10.0 Å². The van der Waals surface area contributed by atoms with Crippen molar-refractivity contribution in [3.63, 3.8) is 0 Å². The predicted octanol–water partition coefficient (Wildman–Crippen LogP) is 2.36. The third-order valence-corrected chi connectivity index (χ3v) is 5.93. The molecule has 0 aromatic heterocycles. The fourth-order valence-corrected chi connectivity index (χ4v) is 4.45. The monoisotopic (exact) mass is 314 g/mol. The minimum absolute atomic E-state index is 0.202. The molecule has 1 heterocycles. The van der Waals surface area contributed by atoms with Crippen molar-refractivity contribution in [2.24, 2.45) is 5.92 Å². The van der Waals surface area contributed by atoms with Crippen molar-refractivity contribution < 1.29 is 12.8 Å². The Hall–Kier alpha value is -0.980. The van der Waals surface area contributed by atoms with Crippen LogP contribution in [0.3, 0.4) is 0 Å². The number of hydrogen-bond donors (Lipinski definition) is 1. The van der Waals surface area contributed by atoms with Gasteiger partial charge in [0.1, 0.15) is 10.7 Å². The summed E-state index contributed by atoms with van der Waals surface area (Å²) in [7, 11) is -1.97. The first-order valence-corrected chi connectivity index (χ1v) is 8.86. The molecule has 1 aromatic rings. The summed E-state index contributed by atoms with van der Waals surface area (Å²) >= 11 is 0. The van der Waals surface area contributed by atoms with E-state index in [4.69, 9.17) is 0 Å². The predicted molar refractivity (Wildman–Crippen MR) is 80.9 cm³/mol. The zero-order valence-corrected chi connectivity index (χ0v) is 13.4. The molecule has 0 radical (unpaired) electrons. The Labute approximate surface area is 126 Å². The summed E-state index contributed by atoms with van der Waals surface area (Å²) in [5.74, 6) is -0.300. The second-order valence-electron chi connectivity index (χ2n) is 5.57. The number of sulfonamides is 1. The van der Waals surface area contributed by atoms with Gasteiger partial charge < -0.3 is 5.32 Å². The van der Waals surface area contributed by atoms with Crippen molar-refractivity contribution in [2.45, 2.75) is 37.6 Å². The Balaban J connectivity index is 2.32. The van der Waals surface area contributed by atoms with Gasteiger partial charge >= 0.3 is 0 Å². The van der Waals surface area contributed by atoms with Crippen LogP contribution in [0.25, 0.3) is 0 Å². The third kappa shape index (κ3) is 3.62. The molecule has 1 saturated heterocycles. The summed E-state index contributed by atoms with van der Waals surface area (Å²) in [5, 5.41) is 2.95. The molecule has 1 fully saturated rings. The van der Waals surface area contributed by atoms with Crippen LogP contribution in [0, 0.1) is 11.7 Å². The van der Waals surface area contributed by atoms with E-state index >= 15 is 0 Å². The molecule has 0 bridgehead atoms. The van der Waals surface area contributed by atoms with Crippen molar-refractivity contribution in [3.8, 4) is 0 Å². The summed E-state index contributed by atoms with van der Waals surface area (Å²) in [6.07, 6.45) is 2.84. The summed E-state index contributed by atoms with van der Waals surface area (Å²) < 4.78 is 40.8. The van der Waals surface area contributed by atoms with Crippen molar-refractivity contribution in [2.75, 3.05) is 20.1 Å².